The lowest BCUT2D eigenvalue weighted by Gasteiger charge is -2.11. The third kappa shape index (κ3) is 5.60. The Labute approximate surface area is 178 Å². The number of amides is 2. The van der Waals surface area contributed by atoms with Gasteiger partial charge < -0.3 is 24.5 Å². The van der Waals surface area contributed by atoms with Crippen molar-refractivity contribution < 1.29 is 28.3 Å². The van der Waals surface area contributed by atoms with Gasteiger partial charge in [0.15, 0.2) is 5.76 Å². The van der Waals surface area contributed by atoms with Gasteiger partial charge in [-0.05, 0) is 60.2 Å². The first-order valence-electron chi connectivity index (χ1n) is 9.20. The Morgan fingerprint density at radius 2 is 1.65 bits per heavy atom. The number of hydrogen-bond donors (Lipinski definition) is 2. The SMILES string of the molecule is COC(=O)c1ccc(NC(=O)/C(=C\c2ccc(OC)cc2)NC(=O)c2ccco2)cc1. The molecule has 2 N–H and O–H groups in total. The highest BCUT2D eigenvalue weighted by Gasteiger charge is 2.17. The van der Waals surface area contributed by atoms with Crippen molar-refractivity contribution in [1.82, 2.24) is 5.32 Å². The second kappa shape index (κ2) is 9.93. The van der Waals surface area contributed by atoms with Crippen molar-refractivity contribution in [2.45, 2.75) is 0 Å². The number of ether oxygens (including phenoxy) is 2. The number of benzene rings is 2. The molecule has 0 aliphatic heterocycles. The summed E-state index contributed by atoms with van der Waals surface area (Å²) in [4.78, 5) is 36.9. The third-order valence-electron chi connectivity index (χ3n) is 4.23. The van der Waals surface area contributed by atoms with Gasteiger partial charge in [0.25, 0.3) is 11.8 Å². The predicted molar refractivity (Wildman–Crippen MR) is 114 cm³/mol. The molecule has 1 heterocycles. The van der Waals surface area contributed by atoms with Gasteiger partial charge in [-0.2, -0.15) is 0 Å². The van der Waals surface area contributed by atoms with E-state index in [1.54, 1.807) is 49.6 Å². The minimum Gasteiger partial charge on any atom is -0.497 e. The summed E-state index contributed by atoms with van der Waals surface area (Å²) < 4.78 is 14.9. The summed E-state index contributed by atoms with van der Waals surface area (Å²) in [6, 6.07) is 16.2. The summed E-state index contributed by atoms with van der Waals surface area (Å²) in [5.41, 5.74) is 1.46. The van der Waals surface area contributed by atoms with E-state index in [0.29, 0.717) is 22.6 Å². The van der Waals surface area contributed by atoms with E-state index in [0.717, 1.165) is 0 Å². The molecule has 158 valence electrons. The Balaban J connectivity index is 1.83. The molecule has 0 saturated carbocycles. The normalized spacial score (nSPS) is 10.8. The molecule has 0 saturated heterocycles. The molecule has 0 aliphatic rings. The number of esters is 1. The first-order valence-corrected chi connectivity index (χ1v) is 9.20. The van der Waals surface area contributed by atoms with Crippen LogP contribution in [0.25, 0.3) is 6.08 Å². The van der Waals surface area contributed by atoms with Gasteiger partial charge in [0.05, 0.1) is 26.0 Å². The van der Waals surface area contributed by atoms with Crippen LogP contribution in [-0.4, -0.2) is 32.0 Å². The van der Waals surface area contributed by atoms with Crippen molar-refractivity contribution in [3.63, 3.8) is 0 Å². The van der Waals surface area contributed by atoms with Crippen LogP contribution in [-0.2, 0) is 9.53 Å². The van der Waals surface area contributed by atoms with Gasteiger partial charge in [0, 0.05) is 5.69 Å². The Kier molecular flexibility index (Phi) is 6.85. The second-order valence-electron chi connectivity index (χ2n) is 6.29. The molecule has 2 aromatic carbocycles. The number of anilines is 1. The lowest BCUT2D eigenvalue weighted by Crippen LogP contribution is -2.30. The van der Waals surface area contributed by atoms with Gasteiger partial charge in [-0.3, -0.25) is 9.59 Å². The Morgan fingerprint density at radius 3 is 2.23 bits per heavy atom. The maximum Gasteiger partial charge on any atom is 0.337 e. The van der Waals surface area contributed by atoms with E-state index < -0.39 is 17.8 Å². The number of carbonyl (C=O) groups excluding carboxylic acids is 3. The maximum atomic E-state index is 12.9. The number of hydrogen-bond acceptors (Lipinski definition) is 6. The van der Waals surface area contributed by atoms with Gasteiger partial charge >= 0.3 is 5.97 Å². The predicted octanol–water partition coefficient (Wildman–Crippen LogP) is 3.48. The summed E-state index contributed by atoms with van der Waals surface area (Å²) in [6.45, 7) is 0. The Morgan fingerprint density at radius 1 is 0.935 bits per heavy atom. The highest BCUT2D eigenvalue weighted by Crippen LogP contribution is 2.16. The molecule has 0 unspecified atom stereocenters. The van der Waals surface area contributed by atoms with Crippen LogP contribution in [0.5, 0.6) is 5.75 Å². The van der Waals surface area contributed by atoms with Crippen LogP contribution in [0.2, 0.25) is 0 Å². The number of carbonyl (C=O) groups is 3. The van der Waals surface area contributed by atoms with Crippen molar-refractivity contribution in [3.8, 4) is 5.75 Å². The van der Waals surface area contributed by atoms with Crippen LogP contribution < -0.4 is 15.4 Å². The lowest BCUT2D eigenvalue weighted by molar-refractivity contribution is -0.113. The van der Waals surface area contributed by atoms with E-state index in [-0.39, 0.29) is 11.5 Å². The average molecular weight is 420 g/mol. The maximum absolute atomic E-state index is 12.9. The molecule has 8 nitrogen and oxygen atoms in total. The summed E-state index contributed by atoms with van der Waals surface area (Å²) in [6.07, 6.45) is 2.89. The monoisotopic (exact) mass is 420 g/mol. The number of nitrogens with one attached hydrogen (secondary N) is 2. The molecule has 3 aromatic rings. The molecular weight excluding hydrogens is 400 g/mol. The molecule has 0 atom stereocenters. The fraction of sp³-hybridized carbons (Fsp3) is 0.0870. The quantitative estimate of drug-likeness (QED) is 0.448. The Hall–Kier alpha value is -4.33. The zero-order valence-corrected chi connectivity index (χ0v) is 16.9. The van der Waals surface area contributed by atoms with E-state index in [1.807, 2.05) is 0 Å². The Bertz CT molecular complexity index is 1080. The first kappa shape index (κ1) is 21.4. The molecule has 31 heavy (non-hydrogen) atoms. The smallest absolute Gasteiger partial charge is 0.337 e. The van der Waals surface area contributed by atoms with Gasteiger partial charge in [0.1, 0.15) is 11.4 Å². The van der Waals surface area contributed by atoms with Crippen molar-refractivity contribution in [3.05, 3.63) is 89.5 Å². The van der Waals surface area contributed by atoms with Crippen molar-refractivity contribution in [2.24, 2.45) is 0 Å². The molecule has 0 aliphatic carbocycles. The number of methoxy groups -OCH3 is 2. The third-order valence-corrected chi connectivity index (χ3v) is 4.23. The second-order valence-corrected chi connectivity index (χ2v) is 6.29. The standard InChI is InChI=1S/C23H20N2O6/c1-29-18-11-5-15(6-12-18)14-19(25-22(27)20-4-3-13-31-20)21(26)24-17-9-7-16(8-10-17)23(28)30-2/h3-14H,1-2H3,(H,24,26)(H,25,27)/b19-14+. The highest BCUT2D eigenvalue weighted by molar-refractivity contribution is 6.10. The minimum absolute atomic E-state index is 0.00334. The summed E-state index contributed by atoms with van der Waals surface area (Å²) in [5.74, 6) is -0.879. The average Bonchev–Trinajstić information content (AvgIpc) is 3.34. The van der Waals surface area contributed by atoms with Crippen LogP contribution in [0.1, 0.15) is 26.5 Å². The van der Waals surface area contributed by atoms with Crippen LogP contribution in [0.15, 0.2) is 77.0 Å². The van der Waals surface area contributed by atoms with Crippen molar-refractivity contribution in [1.29, 1.82) is 0 Å². The van der Waals surface area contributed by atoms with E-state index >= 15 is 0 Å². The first-order chi connectivity index (χ1) is 15.0. The van der Waals surface area contributed by atoms with Crippen LogP contribution >= 0.6 is 0 Å². The fourth-order valence-corrected chi connectivity index (χ4v) is 2.62. The van der Waals surface area contributed by atoms with Gasteiger partial charge in [-0.25, -0.2) is 4.79 Å². The van der Waals surface area contributed by atoms with Gasteiger partial charge in [-0.15, -0.1) is 0 Å². The zero-order valence-electron chi connectivity index (χ0n) is 16.9. The lowest BCUT2D eigenvalue weighted by atomic mass is 10.1. The van der Waals surface area contributed by atoms with E-state index in [2.05, 4.69) is 15.4 Å². The summed E-state index contributed by atoms with van der Waals surface area (Å²) >= 11 is 0. The van der Waals surface area contributed by atoms with E-state index in [9.17, 15) is 14.4 Å². The zero-order chi connectivity index (χ0) is 22.2. The highest BCUT2D eigenvalue weighted by atomic mass is 16.5. The molecule has 0 bridgehead atoms. The van der Waals surface area contributed by atoms with Crippen molar-refractivity contribution >= 4 is 29.5 Å². The molecule has 3 rings (SSSR count). The molecule has 0 radical (unpaired) electrons. The number of furan rings is 1. The van der Waals surface area contributed by atoms with Crippen LogP contribution in [0.4, 0.5) is 5.69 Å². The minimum atomic E-state index is -0.569. The fourth-order valence-electron chi connectivity index (χ4n) is 2.62. The van der Waals surface area contributed by atoms with Crippen molar-refractivity contribution in [2.75, 3.05) is 19.5 Å². The van der Waals surface area contributed by atoms with Crippen LogP contribution in [0.3, 0.4) is 0 Å². The molecule has 8 heteroatoms. The summed E-state index contributed by atoms with van der Waals surface area (Å²) in [7, 11) is 2.84. The molecule has 0 spiro atoms. The van der Waals surface area contributed by atoms with E-state index in [1.165, 1.54) is 37.6 Å². The summed E-state index contributed by atoms with van der Waals surface area (Å²) in [5, 5.41) is 5.26. The molecule has 2 amide bonds. The molecular formula is C23H20N2O6. The van der Waals surface area contributed by atoms with Crippen LogP contribution in [0, 0.1) is 0 Å². The topological polar surface area (TPSA) is 107 Å². The largest absolute Gasteiger partial charge is 0.497 e. The molecule has 0 fully saturated rings. The van der Waals surface area contributed by atoms with E-state index in [4.69, 9.17) is 9.15 Å². The van der Waals surface area contributed by atoms with Gasteiger partial charge in [0.2, 0.25) is 0 Å². The molecule has 1 aromatic heterocycles. The van der Waals surface area contributed by atoms with Gasteiger partial charge in [-0.1, -0.05) is 12.1 Å². The number of rotatable bonds is 7.